The molecule has 0 saturated heterocycles. The predicted octanol–water partition coefficient (Wildman–Crippen LogP) is 13.1. The Morgan fingerprint density at radius 3 is 1.49 bits per heavy atom. The van der Waals surface area contributed by atoms with E-state index in [1.807, 2.05) is 35.0 Å². The SMILES string of the molecule is FC(F)(F)c1ccc(Oc2ccc(CCNc3ncnc4scc(Cl)c34)cc2)nc1.FC(F)(F)c1ccc(Oc2ccc(CCNc3ncnc4scc(Cl)c34)cc2)nc1Cl. The van der Waals surface area contributed by atoms with Gasteiger partial charge in [0.2, 0.25) is 11.8 Å². The third kappa shape index (κ3) is 11.2. The number of anilines is 2. The van der Waals surface area contributed by atoms with Crippen LogP contribution in [-0.2, 0) is 25.2 Å². The first-order chi connectivity index (χ1) is 29.2. The monoisotopic (exact) mass is 934 g/mol. The second-order valence-electron chi connectivity index (χ2n) is 12.7. The number of aromatic nitrogens is 6. The Labute approximate surface area is 365 Å². The van der Waals surface area contributed by atoms with Crippen LogP contribution in [0.2, 0.25) is 15.2 Å². The number of rotatable bonds is 12. The van der Waals surface area contributed by atoms with Crippen LogP contribution >= 0.6 is 57.5 Å². The summed E-state index contributed by atoms with van der Waals surface area (Å²) in [7, 11) is 0. The van der Waals surface area contributed by atoms with Crippen LogP contribution in [0.3, 0.4) is 0 Å². The van der Waals surface area contributed by atoms with Gasteiger partial charge >= 0.3 is 12.4 Å². The van der Waals surface area contributed by atoms with Crippen molar-refractivity contribution in [3.8, 4) is 23.3 Å². The van der Waals surface area contributed by atoms with Crippen molar-refractivity contribution in [3.63, 3.8) is 0 Å². The maximum absolute atomic E-state index is 12.8. The number of alkyl halides is 6. The molecule has 0 fully saturated rings. The lowest BCUT2D eigenvalue weighted by Crippen LogP contribution is -2.07. The van der Waals surface area contributed by atoms with Crippen LogP contribution in [0.25, 0.3) is 20.4 Å². The lowest BCUT2D eigenvalue weighted by Gasteiger charge is -2.11. The molecule has 0 aliphatic rings. The second-order valence-corrected chi connectivity index (χ2v) is 15.6. The molecule has 0 atom stereocenters. The van der Waals surface area contributed by atoms with Gasteiger partial charge in [-0.2, -0.15) is 26.3 Å². The molecule has 0 aliphatic heterocycles. The number of benzene rings is 2. The molecule has 2 N–H and O–H groups in total. The van der Waals surface area contributed by atoms with E-state index >= 15 is 0 Å². The highest BCUT2D eigenvalue weighted by molar-refractivity contribution is 7.17. The van der Waals surface area contributed by atoms with Crippen molar-refractivity contribution in [1.29, 1.82) is 0 Å². The first-order valence-corrected chi connectivity index (χ1v) is 20.6. The Bertz CT molecular complexity index is 2740. The molecule has 21 heteroatoms. The molecule has 0 unspecified atom stereocenters. The van der Waals surface area contributed by atoms with E-state index in [0.29, 0.717) is 52.7 Å². The van der Waals surface area contributed by atoms with Crippen molar-refractivity contribution in [2.75, 3.05) is 23.7 Å². The lowest BCUT2D eigenvalue weighted by atomic mass is 10.1. The first kappa shape index (κ1) is 43.6. The van der Waals surface area contributed by atoms with Gasteiger partial charge in [0, 0.05) is 42.2 Å². The summed E-state index contributed by atoms with van der Waals surface area (Å²) >= 11 is 20.9. The van der Waals surface area contributed by atoms with Crippen molar-refractivity contribution in [2.24, 2.45) is 0 Å². The number of hydrogen-bond donors (Lipinski definition) is 2. The molecule has 0 bridgehead atoms. The highest BCUT2D eigenvalue weighted by atomic mass is 35.5. The Morgan fingerprint density at radius 2 is 1.05 bits per heavy atom. The molecule has 8 rings (SSSR count). The van der Waals surface area contributed by atoms with Crippen molar-refractivity contribution in [3.05, 3.63) is 140 Å². The quantitative estimate of drug-likeness (QED) is 0.0905. The summed E-state index contributed by atoms with van der Waals surface area (Å²) in [5.41, 5.74) is 0.258. The molecule has 6 aromatic heterocycles. The van der Waals surface area contributed by atoms with Gasteiger partial charge in [-0.25, -0.2) is 29.9 Å². The fourth-order valence-corrected chi connectivity index (χ4v) is 8.11. The molecular weight excluding hydrogens is 909 g/mol. The topological polar surface area (TPSA) is 120 Å². The van der Waals surface area contributed by atoms with Crippen LogP contribution < -0.4 is 20.1 Å². The third-order valence-corrected chi connectivity index (χ3v) is 11.5. The van der Waals surface area contributed by atoms with E-state index in [4.69, 9.17) is 44.3 Å². The van der Waals surface area contributed by atoms with Crippen LogP contribution in [0, 0.1) is 0 Å². The zero-order valence-corrected chi connectivity index (χ0v) is 34.8. The summed E-state index contributed by atoms with van der Waals surface area (Å²) in [6, 6.07) is 18.5. The number of pyridine rings is 2. The summed E-state index contributed by atoms with van der Waals surface area (Å²) in [5, 5.41) is 12.4. The van der Waals surface area contributed by atoms with Crippen LogP contribution in [0.4, 0.5) is 38.0 Å². The molecule has 0 radical (unpaired) electrons. The van der Waals surface area contributed by atoms with E-state index in [9.17, 15) is 26.3 Å². The van der Waals surface area contributed by atoms with Gasteiger partial charge in [-0.1, -0.05) is 59.1 Å². The fourth-order valence-electron chi connectivity index (χ4n) is 5.58. The molecule has 314 valence electrons. The summed E-state index contributed by atoms with van der Waals surface area (Å²) in [5.74, 6) is 2.37. The van der Waals surface area contributed by atoms with E-state index in [2.05, 4.69) is 40.5 Å². The lowest BCUT2D eigenvalue weighted by molar-refractivity contribution is -0.138. The molecule has 0 saturated carbocycles. The summed E-state index contributed by atoms with van der Waals surface area (Å²) < 4.78 is 87.0. The Balaban J connectivity index is 0.000000184. The Morgan fingerprint density at radius 1 is 0.557 bits per heavy atom. The average Bonchev–Trinajstić information content (AvgIpc) is 3.81. The molecule has 6 heterocycles. The smallest absolute Gasteiger partial charge is 0.419 e. The summed E-state index contributed by atoms with van der Waals surface area (Å²) in [4.78, 5) is 25.9. The van der Waals surface area contributed by atoms with Crippen LogP contribution in [0.15, 0.2) is 102 Å². The van der Waals surface area contributed by atoms with Crippen molar-refractivity contribution >= 4 is 89.5 Å². The summed E-state index contributed by atoms with van der Waals surface area (Å²) in [6.07, 6.45) is -3.81. The first-order valence-electron chi connectivity index (χ1n) is 17.7. The largest absolute Gasteiger partial charge is 0.439 e. The van der Waals surface area contributed by atoms with Crippen molar-refractivity contribution in [2.45, 2.75) is 25.2 Å². The normalized spacial score (nSPS) is 11.6. The number of ether oxygens (including phenoxy) is 2. The predicted molar refractivity (Wildman–Crippen MR) is 226 cm³/mol. The Hall–Kier alpha value is -5.53. The fraction of sp³-hybridized carbons (Fsp3) is 0.150. The molecule has 0 amide bonds. The maximum atomic E-state index is 12.8. The molecule has 0 aliphatic carbocycles. The average molecular weight is 936 g/mol. The minimum Gasteiger partial charge on any atom is -0.439 e. The molecule has 0 spiro atoms. The van der Waals surface area contributed by atoms with Crippen LogP contribution in [0.1, 0.15) is 22.3 Å². The van der Waals surface area contributed by atoms with Gasteiger partial charge in [0.05, 0.1) is 31.9 Å². The highest BCUT2D eigenvalue weighted by Gasteiger charge is 2.34. The molecule has 61 heavy (non-hydrogen) atoms. The summed E-state index contributed by atoms with van der Waals surface area (Å²) in [6.45, 7) is 1.26. The maximum Gasteiger partial charge on any atom is 0.419 e. The number of fused-ring (bicyclic) bond motifs is 2. The van der Waals surface area contributed by atoms with E-state index in [1.54, 1.807) is 24.3 Å². The van der Waals surface area contributed by atoms with E-state index in [-0.39, 0.29) is 11.8 Å². The zero-order chi connectivity index (χ0) is 43.1. The highest BCUT2D eigenvalue weighted by Crippen LogP contribution is 2.37. The van der Waals surface area contributed by atoms with Gasteiger partial charge < -0.3 is 20.1 Å². The second kappa shape index (κ2) is 19.0. The number of thiophene rings is 2. The van der Waals surface area contributed by atoms with Gasteiger partial charge in [0.1, 0.15) is 50.6 Å². The van der Waals surface area contributed by atoms with Gasteiger partial charge in [-0.15, -0.1) is 22.7 Å². The molecular formula is C40H27Cl3F6N8O2S2. The number of nitrogens with zero attached hydrogens (tertiary/aromatic N) is 6. The van der Waals surface area contributed by atoms with E-state index in [0.717, 1.165) is 62.4 Å². The van der Waals surface area contributed by atoms with E-state index in [1.165, 1.54) is 41.4 Å². The minimum atomic E-state index is -4.56. The van der Waals surface area contributed by atoms with Crippen LogP contribution in [0.5, 0.6) is 23.3 Å². The number of nitrogens with one attached hydrogen (secondary N) is 2. The van der Waals surface area contributed by atoms with Crippen molar-refractivity contribution in [1.82, 2.24) is 29.9 Å². The zero-order valence-electron chi connectivity index (χ0n) is 30.9. The molecule has 10 nitrogen and oxygen atoms in total. The van der Waals surface area contributed by atoms with Gasteiger partial charge in [0.15, 0.2) is 0 Å². The van der Waals surface area contributed by atoms with Crippen molar-refractivity contribution < 1.29 is 35.8 Å². The van der Waals surface area contributed by atoms with Crippen LogP contribution in [-0.4, -0.2) is 43.0 Å². The third-order valence-electron chi connectivity index (χ3n) is 8.55. The van der Waals surface area contributed by atoms with Gasteiger partial charge in [0.25, 0.3) is 0 Å². The number of halogens is 9. The molecule has 8 aromatic rings. The van der Waals surface area contributed by atoms with Gasteiger partial charge in [-0.05, 0) is 60.4 Å². The van der Waals surface area contributed by atoms with E-state index < -0.39 is 28.6 Å². The molecule has 2 aromatic carbocycles. The van der Waals surface area contributed by atoms with Gasteiger partial charge in [-0.3, -0.25) is 0 Å². The minimum absolute atomic E-state index is 0.0205. The number of hydrogen-bond acceptors (Lipinski definition) is 12. The standard InChI is InChI=1S/C20H13Cl2F3N4OS.C20H14ClF3N4OS/c21-14-9-31-19-16(14)18(27-10-28-19)26-8-7-11-1-3-12(4-2-11)30-15-6-5-13(17(22)29-15)20(23,24)25;21-15-10-30-19-17(15)18(27-11-28-19)25-8-7-12-1-4-14(5-2-12)29-16-6-3-13(9-26-16)20(22,23)24/h1-6,9-10H,7-8H2,(H,26,27,28);1-6,9-11H,7-8H2,(H,25,27,28). The Kier molecular flexibility index (Phi) is 13.6.